The third-order valence-electron chi connectivity index (χ3n) is 5.87. The third kappa shape index (κ3) is 3.21. The second kappa shape index (κ2) is 7.12. The van der Waals surface area contributed by atoms with E-state index >= 15 is 0 Å². The van der Waals surface area contributed by atoms with E-state index in [1.165, 1.54) is 5.56 Å². The molecule has 4 nitrogen and oxygen atoms in total. The summed E-state index contributed by atoms with van der Waals surface area (Å²) in [6, 6.07) is 16.1. The molecule has 0 atom stereocenters. The minimum atomic E-state index is 0.0571. The number of carbonyl (C=O) groups excluding carboxylic acids is 1. The molecule has 0 aromatic heterocycles. The Labute approximate surface area is 154 Å². The van der Waals surface area contributed by atoms with Crippen LogP contribution in [-0.2, 0) is 23.2 Å². The maximum absolute atomic E-state index is 12.6. The van der Waals surface area contributed by atoms with Crippen LogP contribution >= 0.6 is 0 Å². The summed E-state index contributed by atoms with van der Waals surface area (Å²) < 4.78 is 5.89. The summed E-state index contributed by atoms with van der Waals surface area (Å²) in [5.41, 5.74) is 3.45. The van der Waals surface area contributed by atoms with Gasteiger partial charge in [0, 0.05) is 30.5 Å². The third-order valence-corrected chi connectivity index (χ3v) is 5.87. The van der Waals surface area contributed by atoms with Crippen molar-refractivity contribution in [1.29, 1.82) is 0 Å². The molecule has 0 aliphatic carbocycles. The molecule has 1 spiro atoms. The lowest BCUT2D eigenvalue weighted by Gasteiger charge is -2.38. The standard InChI is InChI=1S/C22H25NO3/c24-15-18-7-5-17(6-8-18)9-10-21(25)23-13-11-22(12-14-23)16-26-20-4-2-1-3-19(20)22/h1-8,24H,9-16H2. The summed E-state index contributed by atoms with van der Waals surface area (Å²) in [5, 5.41) is 9.10. The number of rotatable bonds is 4. The van der Waals surface area contributed by atoms with E-state index in [1.807, 2.05) is 41.3 Å². The maximum Gasteiger partial charge on any atom is 0.222 e. The zero-order valence-corrected chi connectivity index (χ0v) is 15.0. The Morgan fingerprint density at radius 2 is 1.73 bits per heavy atom. The van der Waals surface area contributed by atoms with Gasteiger partial charge in [-0.25, -0.2) is 0 Å². The topological polar surface area (TPSA) is 49.8 Å². The predicted octanol–water partition coefficient (Wildman–Crippen LogP) is 3.06. The van der Waals surface area contributed by atoms with E-state index in [9.17, 15) is 4.79 Å². The quantitative estimate of drug-likeness (QED) is 0.921. The van der Waals surface area contributed by atoms with E-state index in [2.05, 4.69) is 12.1 Å². The average molecular weight is 351 g/mol. The number of ether oxygens (including phenoxy) is 1. The van der Waals surface area contributed by atoms with E-state index in [4.69, 9.17) is 9.84 Å². The molecule has 2 aromatic carbocycles. The molecule has 0 saturated carbocycles. The first-order valence-corrected chi connectivity index (χ1v) is 9.39. The minimum Gasteiger partial charge on any atom is -0.492 e. The van der Waals surface area contributed by atoms with Crippen LogP contribution in [0.5, 0.6) is 5.75 Å². The fourth-order valence-corrected chi connectivity index (χ4v) is 4.14. The Hall–Kier alpha value is -2.33. The highest BCUT2D eigenvalue weighted by Crippen LogP contribution is 2.45. The molecule has 136 valence electrons. The van der Waals surface area contributed by atoms with Crippen molar-refractivity contribution >= 4 is 5.91 Å². The summed E-state index contributed by atoms with van der Waals surface area (Å²) in [6.07, 6.45) is 3.23. The molecule has 4 heteroatoms. The summed E-state index contributed by atoms with van der Waals surface area (Å²) in [7, 11) is 0. The number of hydrogen-bond donors (Lipinski definition) is 1. The number of piperidine rings is 1. The predicted molar refractivity (Wildman–Crippen MR) is 100 cm³/mol. The fraction of sp³-hybridized carbons (Fsp3) is 0.409. The molecule has 1 fully saturated rings. The Bertz CT molecular complexity index is 776. The highest BCUT2D eigenvalue weighted by Gasteiger charge is 2.43. The van der Waals surface area contributed by atoms with Gasteiger partial charge in [-0.2, -0.15) is 0 Å². The first kappa shape index (κ1) is 17.1. The van der Waals surface area contributed by atoms with Crippen molar-refractivity contribution in [3.63, 3.8) is 0 Å². The van der Waals surface area contributed by atoms with Crippen molar-refractivity contribution in [2.75, 3.05) is 19.7 Å². The number of aliphatic hydroxyl groups excluding tert-OH is 1. The number of aryl methyl sites for hydroxylation is 1. The Kier molecular flexibility index (Phi) is 4.68. The van der Waals surface area contributed by atoms with Crippen LogP contribution in [0.3, 0.4) is 0 Å². The molecule has 2 heterocycles. The van der Waals surface area contributed by atoms with Gasteiger partial charge < -0.3 is 14.7 Å². The van der Waals surface area contributed by atoms with Gasteiger partial charge in [0.2, 0.25) is 5.91 Å². The van der Waals surface area contributed by atoms with Crippen molar-refractivity contribution in [1.82, 2.24) is 4.90 Å². The zero-order chi connectivity index (χ0) is 18.0. The molecule has 2 aliphatic rings. The first-order chi connectivity index (χ1) is 12.7. The van der Waals surface area contributed by atoms with Gasteiger partial charge in [0.1, 0.15) is 5.75 Å². The summed E-state index contributed by atoms with van der Waals surface area (Å²) in [5.74, 6) is 1.25. The number of likely N-dealkylation sites (tertiary alicyclic amines) is 1. The number of fused-ring (bicyclic) bond motifs is 2. The number of carbonyl (C=O) groups is 1. The lowest BCUT2D eigenvalue weighted by atomic mass is 9.74. The molecule has 0 unspecified atom stereocenters. The summed E-state index contributed by atoms with van der Waals surface area (Å²) in [4.78, 5) is 14.6. The second-order valence-electron chi connectivity index (χ2n) is 7.42. The van der Waals surface area contributed by atoms with Crippen molar-refractivity contribution in [2.24, 2.45) is 0 Å². The van der Waals surface area contributed by atoms with Crippen LogP contribution in [-0.4, -0.2) is 35.6 Å². The van der Waals surface area contributed by atoms with Crippen LogP contribution in [0, 0.1) is 0 Å². The number of nitrogens with zero attached hydrogens (tertiary/aromatic N) is 1. The van der Waals surface area contributed by atoms with Crippen LogP contribution < -0.4 is 4.74 Å². The molecule has 0 bridgehead atoms. The van der Waals surface area contributed by atoms with Gasteiger partial charge in [-0.3, -0.25) is 4.79 Å². The van der Waals surface area contributed by atoms with E-state index in [0.717, 1.165) is 55.8 Å². The Morgan fingerprint density at radius 3 is 2.46 bits per heavy atom. The van der Waals surface area contributed by atoms with Crippen LogP contribution in [0.15, 0.2) is 48.5 Å². The summed E-state index contributed by atoms with van der Waals surface area (Å²) in [6.45, 7) is 2.41. The van der Waals surface area contributed by atoms with E-state index < -0.39 is 0 Å². The van der Waals surface area contributed by atoms with Gasteiger partial charge in [-0.15, -0.1) is 0 Å². The Balaban J connectivity index is 1.32. The number of benzene rings is 2. The van der Waals surface area contributed by atoms with Gasteiger partial charge in [0.15, 0.2) is 0 Å². The average Bonchev–Trinajstić information content (AvgIpc) is 3.05. The van der Waals surface area contributed by atoms with Crippen LogP contribution in [0.4, 0.5) is 0 Å². The molecule has 2 aliphatic heterocycles. The smallest absolute Gasteiger partial charge is 0.222 e. The molecule has 0 radical (unpaired) electrons. The van der Waals surface area contributed by atoms with Crippen molar-refractivity contribution in [3.8, 4) is 5.75 Å². The van der Waals surface area contributed by atoms with Crippen molar-refractivity contribution in [2.45, 2.75) is 37.7 Å². The van der Waals surface area contributed by atoms with Gasteiger partial charge in [0.05, 0.1) is 13.2 Å². The highest BCUT2D eigenvalue weighted by molar-refractivity contribution is 5.76. The number of hydrogen-bond acceptors (Lipinski definition) is 3. The normalized spacial score (nSPS) is 17.8. The molecular formula is C22H25NO3. The molecule has 4 rings (SSSR count). The summed E-state index contributed by atoms with van der Waals surface area (Å²) >= 11 is 0. The van der Waals surface area contributed by atoms with E-state index in [-0.39, 0.29) is 17.9 Å². The van der Waals surface area contributed by atoms with Crippen molar-refractivity contribution < 1.29 is 14.6 Å². The lowest BCUT2D eigenvalue weighted by molar-refractivity contribution is -0.132. The number of para-hydroxylation sites is 1. The van der Waals surface area contributed by atoms with Crippen LogP contribution in [0.2, 0.25) is 0 Å². The molecule has 1 saturated heterocycles. The monoisotopic (exact) mass is 351 g/mol. The largest absolute Gasteiger partial charge is 0.492 e. The van der Waals surface area contributed by atoms with Crippen molar-refractivity contribution in [3.05, 3.63) is 65.2 Å². The number of aliphatic hydroxyl groups is 1. The molecule has 2 aromatic rings. The molecule has 26 heavy (non-hydrogen) atoms. The molecule has 1 amide bonds. The van der Waals surface area contributed by atoms with Gasteiger partial charge in [-0.05, 0) is 36.5 Å². The SMILES string of the molecule is O=C(CCc1ccc(CO)cc1)N1CCC2(CC1)COc1ccccc12. The maximum atomic E-state index is 12.6. The van der Waals surface area contributed by atoms with E-state index in [1.54, 1.807) is 0 Å². The zero-order valence-electron chi connectivity index (χ0n) is 15.0. The van der Waals surface area contributed by atoms with Crippen LogP contribution in [0.1, 0.15) is 36.0 Å². The second-order valence-corrected chi connectivity index (χ2v) is 7.42. The van der Waals surface area contributed by atoms with E-state index in [0.29, 0.717) is 6.42 Å². The fourth-order valence-electron chi connectivity index (χ4n) is 4.14. The molecule has 1 N–H and O–H groups in total. The number of amides is 1. The van der Waals surface area contributed by atoms with Gasteiger partial charge >= 0.3 is 0 Å². The first-order valence-electron chi connectivity index (χ1n) is 9.39. The highest BCUT2D eigenvalue weighted by atomic mass is 16.5. The van der Waals surface area contributed by atoms with Crippen LogP contribution in [0.25, 0.3) is 0 Å². The minimum absolute atomic E-state index is 0.0571. The Morgan fingerprint density at radius 1 is 1.04 bits per heavy atom. The lowest BCUT2D eigenvalue weighted by Crippen LogP contribution is -2.46. The van der Waals surface area contributed by atoms with Gasteiger partial charge in [0.25, 0.3) is 0 Å². The van der Waals surface area contributed by atoms with Gasteiger partial charge in [-0.1, -0.05) is 42.5 Å². The molecular weight excluding hydrogens is 326 g/mol.